The van der Waals surface area contributed by atoms with E-state index in [4.69, 9.17) is 4.74 Å². The van der Waals surface area contributed by atoms with Crippen molar-refractivity contribution in [2.24, 2.45) is 0 Å². The first kappa shape index (κ1) is 20.9. The van der Waals surface area contributed by atoms with Crippen LogP contribution in [0.3, 0.4) is 0 Å². The van der Waals surface area contributed by atoms with E-state index < -0.39 is 47.6 Å². The number of nitrogens with one attached hydrogen (secondary N) is 2. The average molecular weight is 401 g/mol. The highest BCUT2D eigenvalue weighted by molar-refractivity contribution is 5.84. The molecule has 2 rings (SSSR count). The lowest BCUT2D eigenvalue weighted by Gasteiger charge is -2.15. The fourth-order valence-corrected chi connectivity index (χ4v) is 2.02. The number of aromatic nitrogens is 1. The Labute approximate surface area is 155 Å². The van der Waals surface area contributed by atoms with Crippen molar-refractivity contribution in [3.8, 4) is 5.75 Å². The van der Waals surface area contributed by atoms with Gasteiger partial charge in [-0.15, -0.1) is 0 Å². The molecule has 0 aliphatic heterocycles. The lowest BCUT2D eigenvalue weighted by molar-refractivity contribution is -0.138. The molecule has 0 fully saturated rings. The molecule has 11 heteroatoms. The Morgan fingerprint density at radius 2 is 1.75 bits per heavy atom. The zero-order valence-corrected chi connectivity index (χ0v) is 14.4. The number of carbonyl (C=O) groups is 2. The molecule has 28 heavy (non-hydrogen) atoms. The summed E-state index contributed by atoms with van der Waals surface area (Å²) in [5.74, 6) is -1.97. The van der Waals surface area contributed by atoms with Crippen molar-refractivity contribution in [3.63, 3.8) is 0 Å². The third-order valence-electron chi connectivity index (χ3n) is 3.45. The molecule has 2 amide bonds. The van der Waals surface area contributed by atoms with Crippen molar-refractivity contribution in [2.75, 3.05) is 0 Å². The Hall–Kier alpha value is -3.37. The van der Waals surface area contributed by atoms with Gasteiger partial charge in [0.2, 0.25) is 0 Å². The van der Waals surface area contributed by atoms with E-state index in [0.29, 0.717) is 22.9 Å². The maximum Gasteiger partial charge on any atom is 0.417 e. The minimum atomic E-state index is -4.67. The smallest absolute Gasteiger partial charge is 0.417 e. The lowest BCUT2D eigenvalue weighted by Crippen LogP contribution is -2.48. The van der Waals surface area contributed by atoms with Gasteiger partial charge in [0.25, 0.3) is 17.4 Å². The number of nitrogens with zero attached hydrogens (tertiary/aromatic N) is 1. The Kier molecular flexibility index (Phi) is 6.39. The summed E-state index contributed by atoms with van der Waals surface area (Å²) in [5.41, 5.74) is 2.09. The molecule has 1 aromatic carbocycles. The van der Waals surface area contributed by atoms with Crippen molar-refractivity contribution in [2.45, 2.75) is 25.7 Å². The molecule has 0 bridgehead atoms. The van der Waals surface area contributed by atoms with E-state index in [9.17, 15) is 31.9 Å². The Morgan fingerprint density at radius 3 is 2.36 bits per heavy atom. The molecule has 0 saturated heterocycles. The number of hydrazine groups is 1. The molecule has 0 aliphatic rings. The van der Waals surface area contributed by atoms with E-state index in [1.165, 1.54) is 19.1 Å². The molecule has 1 atom stereocenters. The first-order valence-electron chi connectivity index (χ1n) is 7.85. The van der Waals surface area contributed by atoms with Crippen LogP contribution in [0.15, 0.2) is 47.4 Å². The molecule has 150 valence electrons. The highest BCUT2D eigenvalue weighted by Crippen LogP contribution is 2.27. The highest BCUT2D eigenvalue weighted by Gasteiger charge is 2.31. The largest absolute Gasteiger partial charge is 0.481 e. The van der Waals surface area contributed by atoms with Crippen LogP contribution in [0.2, 0.25) is 0 Å². The third kappa shape index (κ3) is 5.83. The van der Waals surface area contributed by atoms with Gasteiger partial charge < -0.3 is 9.30 Å². The van der Waals surface area contributed by atoms with Gasteiger partial charge >= 0.3 is 6.18 Å². The van der Waals surface area contributed by atoms with Crippen LogP contribution >= 0.6 is 0 Å². The maximum absolute atomic E-state index is 12.8. The lowest BCUT2D eigenvalue weighted by atomic mass is 10.3. The highest BCUT2D eigenvalue weighted by atomic mass is 19.4. The predicted octanol–water partition coefficient (Wildman–Crippen LogP) is 1.62. The van der Waals surface area contributed by atoms with Crippen molar-refractivity contribution in [1.29, 1.82) is 0 Å². The summed E-state index contributed by atoms with van der Waals surface area (Å²) in [6, 6.07) is 6.17. The number of alkyl halides is 3. The summed E-state index contributed by atoms with van der Waals surface area (Å²) in [5, 5.41) is 0. The monoisotopic (exact) mass is 401 g/mol. The summed E-state index contributed by atoms with van der Waals surface area (Å²) in [6.45, 7) is 0.623. The van der Waals surface area contributed by atoms with Crippen molar-refractivity contribution in [3.05, 3.63) is 64.3 Å². The average Bonchev–Trinajstić information content (AvgIpc) is 2.62. The molecule has 1 heterocycles. The zero-order chi connectivity index (χ0) is 20.9. The van der Waals surface area contributed by atoms with E-state index in [-0.39, 0.29) is 5.75 Å². The van der Waals surface area contributed by atoms with Gasteiger partial charge in [-0.2, -0.15) is 13.2 Å². The number of halogens is 4. The maximum atomic E-state index is 12.8. The van der Waals surface area contributed by atoms with Crippen LogP contribution < -0.4 is 21.1 Å². The van der Waals surface area contributed by atoms with Crippen molar-refractivity contribution >= 4 is 11.8 Å². The SMILES string of the molecule is C[C@H](Oc1ccc(F)cc1)C(=O)NNC(=O)Cn1cc(C(F)(F)F)ccc1=O. The molecule has 0 spiro atoms. The second kappa shape index (κ2) is 8.55. The topological polar surface area (TPSA) is 89.4 Å². The number of pyridine rings is 1. The van der Waals surface area contributed by atoms with E-state index >= 15 is 0 Å². The normalized spacial score (nSPS) is 12.2. The summed E-state index contributed by atoms with van der Waals surface area (Å²) in [6.07, 6.45) is -5.24. The van der Waals surface area contributed by atoms with Crippen LogP contribution in [0.5, 0.6) is 5.75 Å². The molecular formula is C17H15F4N3O4. The second-order valence-electron chi connectivity index (χ2n) is 5.63. The number of carbonyl (C=O) groups excluding carboxylic acids is 2. The van der Waals surface area contributed by atoms with Gasteiger partial charge in [0.15, 0.2) is 6.10 Å². The van der Waals surface area contributed by atoms with E-state index in [1.54, 1.807) is 0 Å². The Balaban J connectivity index is 1.90. The number of benzene rings is 1. The van der Waals surface area contributed by atoms with Gasteiger partial charge in [0.1, 0.15) is 18.1 Å². The third-order valence-corrected chi connectivity index (χ3v) is 3.45. The number of hydrogen-bond donors (Lipinski definition) is 2. The van der Waals surface area contributed by atoms with Gasteiger partial charge in [0, 0.05) is 12.3 Å². The molecule has 0 unspecified atom stereocenters. The van der Waals surface area contributed by atoms with Crippen LogP contribution in [0.4, 0.5) is 17.6 Å². The standard InChI is InChI=1S/C17H15F4N3O4/c1-10(28-13-5-3-12(18)4-6-13)16(27)23-22-14(25)9-24-8-11(17(19,20)21)2-7-15(24)26/h2-8,10H,9H2,1H3,(H,22,25)(H,23,27)/t10-/m0/s1. The van der Waals surface area contributed by atoms with Crippen LogP contribution in [-0.4, -0.2) is 22.5 Å². The predicted molar refractivity (Wildman–Crippen MR) is 88.5 cm³/mol. The number of rotatable bonds is 5. The van der Waals surface area contributed by atoms with Gasteiger partial charge in [-0.3, -0.25) is 25.2 Å². The van der Waals surface area contributed by atoms with E-state index in [2.05, 4.69) is 0 Å². The molecule has 1 aromatic heterocycles. The summed E-state index contributed by atoms with van der Waals surface area (Å²) in [7, 11) is 0. The van der Waals surface area contributed by atoms with Gasteiger partial charge in [-0.05, 0) is 37.3 Å². The number of ether oxygens (including phenoxy) is 1. The molecule has 2 N–H and O–H groups in total. The fourth-order valence-electron chi connectivity index (χ4n) is 2.02. The zero-order valence-electron chi connectivity index (χ0n) is 14.4. The minimum Gasteiger partial charge on any atom is -0.481 e. The summed E-state index contributed by atoms with van der Waals surface area (Å²) in [4.78, 5) is 35.3. The Bertz CT molecular complexity index is 910. The van der Waals surface area contributed by atoms with Crippen molar-refractivity contribution in [1.82, 2.24) is 15.4 Å². The molecule has 2 aromatic rings. The van der Waals surface area contributed by atoms with E-state index in [0.717, 1.165) is 12.1 Å². The number of hydrogen-bond acceptors (Lipinski definition) is 4. The van der Waals surface area contributed by atoms with Crippen LogP contribution in [0.1, 0.15) is 12.5 Å². The summed E-state index contributed by atoms with van der Waals surface area (Å²) >= 11 is 0. The van der Waals surface area contributed by atoms with Gasteiger partial charge in [-0.25, -0.2) is 4.39 Å². The fraction of sp³-hybridized carbons (Fsp3) is 0.235. The molecule has 0 aliphatic carbocycles. The molecule has 7 nitrogen and oxygen atoms in total. The first-order valence-corrected chi connectivity index (χ1v) is 7.85. The minimum absolute atomic E-state index is 0.214. The van der Waals surface area contributed by atoms with Gasteiger partial charge in [0.05, 0.1) is 5.56 Å². The van der Waals surface area contributed by atoms with Crippen LogP contribution in [-0.2, 0) is 22.3 Å². The van der Waals surface area contributed by atoms with Crippen LogP contribution in [0, 0.1) is 5.82 Å². The first-order chi connectivity index (χ1) is 13.1. The quantitative estimate of drug-likeness (QED) is 0.589. The van der Waals surface area contributed by atoms with Crippen LogP contribution in [0.25, 0.3) is 0 Å². The molecule has 0 saturated carbocycles. The van der Waals surface area contributed by atoms with Gasteiger partial charge in [-0.1, -0.05) is 0 Å². The van der Waals surface area contributed by atoms with Crippen molar-refractivity contribution < 1.29 is 31.9 Å². The Morgan fingerprint density at radius 1 is 1.11 bits per heavy atom. The van der Waals surface area contributed by atoms with E-state index in [1.807, 2.05) is 10.9 Å². The summed E-state index contributed by atoms with van der Waals surface area (Å²) < 4.78 is 56.6. The number of amides is 2. The molecular weight excluding hydrogens is 386 g/mol. The molecule has 0 radical (unpaired) electrons. The second-order valence-corrected chi connectivity index (χ2v) is 5.63.